The van der Waals surface area contributed by atoms with E-state index in [4.69, 9.17) is 0 Å². The topological polar surface area (TPSA) is 101 Å². The first-order valence-corrected chi connectivity index (χ1v) is 10.8. The molecule has 0 aromatic rings. The Hall–Kier alpha value is -1.79. The number of hydrogen-bond donors (Lipinski definition) is 2. The molecule has 0 unspecified atom stereocenters. The van der Waals surface area contributed by atoms with E-state index in [1.54, 1.807) is 6.08 Å². The van der Waals surface area contributed by atoms with Crippen LogP contribution in [0, 0.1) is 11.8 Å². The molecule has 0 heterocycles. The van der Waals surface area contributed by atoms with Gasteiger partial charge >= 0.3 is 5.97 Å². The molecule has 0 aromatic heterocycles. The summed E-state index contributed by atoms with van der Waals surface area (Å²) < 4.78 is 4.50. The van der Waals surface area contributed by atoms with Gasteiger partial charge in [-0.1, -0.05) is 50.5 Å². The molecule has 164 valence electrons. The van der Waals surface area contributed by atoms with Gasteiger partial charge in [0.15, 0.2) is 0 Å². The second-order valence-electron chi connectivity index (χ2n) is 7.66. The summed E-state index contributed by atoms with van der Waals surface area (Å²) in [7, 11) is 0. The maximum Gasteiger partial charge on any atom is 0.380 e. The first kappa shape index (κ1) is 25.2. The first-order valence-electron chi connectivity index (χ1n) is 10.8. The van der Waals surface area contributed by atoms with E-state index in [1.165, 1.54) is 32.6 Å². The molecule has 2 N–H and O–H groups in total. The Morgan fingerprint density at radius 3 is 2.55 bits per heavy atom. The lowest BCUT2D eigenvalue weighted by molar-refractivity contribution is -0.193. The zero-order chi connectivity index (χ0) is 21.7. The summed E-state index contributed by atoms with van der Waals surface area (Å²) in [6.45, 7) is 3.71. The minimum absolute atomic E-state index is 0.00960. The highest BCUT2D eigenvalue weighted by atomic mass is 16.6. The van der Waals surface area contributed by atoms with Gasteiger partial charge in [0.1, 0.15) is 5.78 Å². The fourth-order valence-electron chi connectivity index (χ4n) is 3.55. The van der Waals surface area contributed by atoms with E-state index in [2.05, 4.69) is 23.8 Å². The smallest absolute Gasteiger partial charge is 0.380 e. The van der Waals surface area contributed by atoms with Crippen molar-refractivity contribution >= 4 is 17.5 Å². The van der Waals surface area contributed by atoms with E-state index in [9.17, 15) is 24.6 Å². The lowest BCUT2D eigenvalue weighted by Gasteiger charge is -2.18. The number of rotatable bonds is 14. The van der Waals surface area contributed by atoms with Crippen molar-refractivity contribution in [2.24, 2.45) is 11.8 Å². The van der Waals surface area contributed by atoms with Crippen molar-refractivity contribution < 1.29 is 29.3 Å². The molecule has 1 saturated carbocycles. The molecule has 0 aromatic carbocycles. The van der Waals surface area contributed by atoms with Crippen molar-refractivity contribution in [3.63, 3.8) is 0 Å². The first-order chi connectivity index (χ1) is 13.8. The zero-order valence-corrected chi connectivity index (χ0v) is 17.8. The predicted molar refractivity (Wildman–Crippen MR) is 111 cm³/mol. The van der Waals surface area contributed by atoms with Gasteiger partial charge < -0.3 is 14.9 Å². The van der Waals surface area contributed by atoms with Crippen molar-refractivity contribution in [1.29, 1.82) is 0 Å². The SMILES string of the molecule is CCCCCCC=C[C@H]1CCC(=O)[C@@H]1CC=CCCC(O)(O)C(=O)C(=O)OCC. The van der Waals surface area contributed by atoms with Gasteiger partial charge in [-0.25, -0.2) is 4.79 Å². The van der Waals surface area contributed by atoms with Crippen LogP contribution in [0.4, 0.5) is 0 Å². The van der Waals surface area contributed by atoms with Crippen LogP contribution >= 0.6 is 0 Å². The molecule has 6 nitrogen and oxygen atoms in total. The van der Waals surface area contributed by atoms with Gasteiger partial charge in [-0.15, -0.1) is 0 Å². The number of hydrogen-bond acceptors (Lipinski definition) is 6. The van der Waals surface area contributed by atoms with Crippen LogP contribution < -0.4 is 0 Å². The molecular formula is C23H36O6. The quantitative estimate of drug-likeness (QED) is 0.150. The number of allylic oxidation sites excluding steroid dienone is 4. The second kappa shape index (κ2) is 13.4. The van der Waals surface area contributed by atoms with Crippen molar-refractivity contribution in [2.45, 2.75) is 83.8 Å². The number of ketones is 2. The number of carbonyl (C=O) groups excluding carboxylic acids is 3. The van der Waals surface area contributed by atoms with Crippen LogP contribution in [0.5, 0.6) is 0 Å². The summed E-state index contributed by atoms with van der Waals surface area (Å²) in [6.07, 6.45) is 15.9. The largest absolute Gasteiger partial charge is 0.460 e. The van der Waals surface area contributed by atoms with E-state index in [0.717, 1.165) is 12.8 Å². The molecule has 0 radical (unpaired) electrons. The Morgan fingerprint density at radius 1 is 1.10 bits per heavy atom. The third kappa shape index (κ3) is 9.05. The highest BCUT2D eigenvalue weighted by Crippen LogP contribution is 2.33. The average molecular weight is 409 g/mol. The molecule has 6 heteroatoms. The predicted octanol–water partition coefficient (Wildman–Crippen LogP) is 3.65. The van der Waals surface area contributed by atoms with Crippen molar-refractivity contribution in [3.8, 4) is 0 Å². The highest BCUT2D eigenvalue weighted by Gasteiger charge is 2.38. The number of unbranched alkanes of at least 4 members (excludes halogenated alkanes) is 4. The molecule has 0 bridgehead atoms. The van der Waals surface area contributed by atoms with Crippen LogP contribution in [0.25, 0.3) is 0 Å². The molecule has 1 aliphatic carbocycles. The van der Waals surface area contributed by atoms with E-state index in [-0.39, 0.29) is 37.1 Å². The van der Waals surface area contributed by atoms with Gasteiger partial charge in [-0.3, -0.25) is 9.59 Å². The normalized spacial score (nSPS) is 20.1. The van der Waals surface area contributed by atoms with Gasteiger partial charge in [0.05, 0.1) is 6.61 Å². The summed E-state index contributed by atoms with van der Waals surface area (Å²) in [5.41, 5.74) is 0. The minimum Gasteiger partial charge on any atom is -0.460 e. The van der Waals surface area contributed by atoms with E-state index in [1.807, 2.05) is 6.08 Å². The molecule has 1 aliphatic rings. The molecular weight excluding hydrogens is 372 g/mol. The molecule has 1 rings (SSSR count). The van der Waals surface area contributed by atoms with Gasteiger partial charge in [0.25, 0.3) is 5.78 Å². The van der Waals surface area contributed by atoms with E-state index in [0.29, 0.717) is 12.8 Å². The van der Waals surface area contributed by atoms with Crippen LogP contribution in [0.15, 0.2) is 24.3 Å². The van der Waals surface area contributed by atoms with Crippen LogP contribution in [0.3, 0.4) is 0 Å². The molecule has 29 heavy (non-hydrogen) atoms. The second-order valence-corrected chi connectivity index (χ2v) is 7.66. The number of carbonyl (C=O) groups is 3. The Kier molecular flexibility index (Phi) is 11.7. The lowest BCUT2D eigenvalue weighted by Crippen LogP contribution is -2.43. The van der Waals surface area contributed by atoms with Crippen LogP contribution in [-0.2, 0) is 19.1 Å². The molecule has 0 spiro atoms. The number of esters is 1. The molecule has 0 aliphatic heterocycles. The Labute approximate surface area is 174 Å². The fraction of sp³-hybridized carbons (Fsp3) is 0.696. The Balaban J connectivity index is 2.42. The Morgan fingerprint density at radius 2 is 1.86 bits per heavy atom. The monoisotopic (exact) mass is 408 g/mol. The van der Waals surface area contributed by atoms with Gasteiger partial charge in [-0.2, -0.15) is 0 Å². The third-order valence-electron chi connectivity index (χ3n) is 5.30. The van der Waals surface area contributed by atoms with Gasteiger partial charge in [0.2, 0.25) is 5.79 Å². The molecule has 0 saturated heterocycles. The van der Waals surface area contributed by atoms with E-state index >= 15 is 0 Å². The molecule has 0 amide bonds. The summed E-state index contributed by atoms with van der Waals surface area (Å²) in [6, 6.07) is 0. The average Bonchev–Trinajstić information content (AvgIpc) is 3.03. The van der Waals surface area contributed by atoms with Crippen LogP contribution in [0.2, 0.25) is 0 Å². The van der Waals surface area contributed by atoms with Gasteiger partial charge in [0, 0.05) is 18.8 Å². The van der Waals surface area contributed by atoms with Crippen LogP contribution in [0.1, 0.15) is 78.1 Å². The van der Waals surface area contributed by atoms with E-state index < -0.39 is 17.5 Å². The third-order valence-corrected chi connectivity index (χ3v) is 5.30. The maximum absolute atomic E-state index is 12.2. The lowest BCUT2D eigenvalue weighted by atomic mass is 9.91. The fourth-order valence-corrected chi connectivity index (χ4v) is 3.55. The Bertz CT molecular complexity index is 590. The number of Topliss-reactive ketones (excluding diaryl/α,β-unsaturated/α-hetero) is 2. The summed E-state index contributed by atoms with van der Waals surface area (Å²) in [4.78, 5) is 35.1. The minimum atomic E-state index is -2.73. The summed E-state index contributed by atoms with van der Waals surface area (Å²) >= 11 is 0. The number of ether oxygens (including phenoxy) is 1. The van der Waals surface area contributed by atoms with Crippen molar-refractivity contribution in [2.75, 3.05) is 6.61 Å². The standard InChI is InChI=1S/C23H36O6/c1-3-5-6-7-8-10-13-18-15-16-20(24)19(18)14-11-9-12-17-23(27,28)21(25)22(26)29-4-2/h9-11,13,18-19,27-28H,3-8,12,14-17H2,1-2H3/t18-,19+/m0/s1. The maximum atomic E-state index is 12.2. The van der Waals surface area contributed by atoms with Crippen molar-refractivity contribution in [1.82, 2.24) is 0 Å². The number of aliphatic hydroxyl groups is 2. The molecule has 1 fully saturated rings. The summed E-state index contributed by atoms with van der Waals surface area (Å²) in [5.74, 6) is -4.84. The molecule has 2 atom stereocenters. The zero-order valence-electron chi connectivity index (χ0n) is 17.8. The van der Waals surface area contributed by atoms with Crippen molar-refractivity contribution in [3.05, 3.63) is 24.3 Å². The van der Waals surface area contributed by atoms with Gasteiger partial charge in [-0.05, 0) is 44.9 Å². The highest BCUT2D eigenvalue weighted by molar-refractivity contribution is 6.36. The van der Waals surface area contributed by atoms with Crippen LogP contribution in [-0.4, -0.2) is 40.1 Å². The summed E-state index contributed by atoms with van der Waals surface area (Å²) in [5, 5.41) is 19.5.